The SMILES string of the molecule is CC[C@@H](c1nnnn1C(C)(C)C)N(Cc1cc2cc(C)c(C)cc2[nH]c1=O)C1CCCC1. The topological polar surface area (TPSA) is 79.7 Å². The molecule has 2 aromatic heterocycles. The first-order valence-electron chi connectivity index (χ1n) is 11.9. The van der Waals surface area contributed by atoms with Crippen molar-refractivity contribution in [2.45, 2.75) is 97.8 Å². The molecule has 1 aliphatic carbocycles. The van der Waals surface area contributed by atoms with Crippen LogP contribution in [0.2, 0.25) is 0 Å². The van der Waals surface area contributed by atoms with E-state index in [0.29, 0.717) is 12.6 Å². The van der Waals surface area contributed by atoms with Crippen molar-refractivity contribution >= 4 is 10.9 Å². The second-order valence-corrected chi connectivity index (χ2v) is 10.3. The summed E-state index contributed by atoms with van der Waals surface area (Å²) < 4.78 is 1.94. The molecular weight excluding hydrogens is 400 g/mol. The molecule has 7 heteroatoms. The van der Waals surface area contributed by atoms with Gasteiger partial charge in [-0.25, -0.2) is 4.68 Å². The van der Waals surface area contributed by atoms with E-state index < -0.39 is 0 Å². The minimum atomic E-state index is -0.205. The fourth-order valence-corrected chi connectivity index (χ4v) is 5.01. The fraction of sp³-hybridized carbons (Fsp3) is 0.600. The number of hydrogen-bond donors (Lipinski definition) is 1. The predicted octanol–water partition coefficient (Wildman–Crippen LogP) is 4.78. The highest BCUT2D eigenvalue weighted by Gasteiger charge is 2.34. The summed E-state index contributed by atoms with van der Waals surface area (Å²) in [6.45, 7) is 13.3. The molecule has 1 atom stereocenters. The van der Waals surface area contributed by atoms with E-state index in [9.17, 15) is 4.79 Å². The lowest BCUT2D eigenvalue weighted by Crippen LogP contribution is -2.40. The zero-order valence-electron chi connectivity index (χ0n) is 20.3. The number of benzene rings is 1. The molecule has 32 heavy (non-hydrogen) atoms. The Hall–Kier alpha value is -2.54. The van der Waals surface area contributed by atoms with Gasteiger partial charge in [-0.1, -0.05) is 19.8 Å². The van der Waals surface area contributed by atoms with Crippen molar-refractivity contribution in [1.82, 2.24) is 30.1 Å². The average molecular weight is 437 g/mol. The van der Waals surface area contributed by atoms with Gasteiger partial charge in [-0.2, -0.15) is 0 Å². The Labute approximate surface area is 190 Å². The van der Waals surface area contributed by atoms with Gasteiger partial charge in [-0.15, -0.1) is 5.10 Å². The van der Waals surface area contributed by atoms with E-state index in [4.69, 9.17) is 0 Å². The second kappa shape index (κ2) is 8.77. The highest BCUT2D eigenvalue weighted by Crippen LogP contribution is 2.34. The molecule has 1 fully saturated rings. The highest BCUT2D eigenvalue weighted by molar-refractivity contribution is 5.80. The quantitative estimate of drug-likeness (QED) is 0.601. The van der Waals surface area contributed by atoms with Crippen molar-refractivity contribution in [3.63, 3.8) is 0 Å². The van der Waals surface area contributed by atoms with Gasteiger partial charge in [0.25, 0.3) is 5.56 Å². The van der Waals surface area contributed by atoms with Gasteiger partial charge in [0.15, 0.2) is 5.82 Å². The third-order valence-electron chi connectivity index (χ3n) is 6.90. The Morgan fingerprint density at radius 3 is 2.50 bits per heavy atom. The van der Waals surface area contributed by atoms with Crippen LogP contribution in [-0.2, 0) is 12.1 Å². The molecule has 2 heterocycles. The van der Waals surface area contributed by atoms with Crippen LogP contribution in [0.4, 0.5) is 0 Å². The Bertz CT molecular complexity index is 1150. The lowest BCUT2D eigenvalue weighted by atomic mass is 10.0. The molecule has 0 amide bonds. The van der Waals surface area contributed by atoms with E-state index in [0.717, 1.165) is 41.6 Å². The van der Waals surface area contributed by atoms with Crippen LogP contribution in [0.1, 0.15) is 88.4 Å². The standard InChI is InChI=1S/C25H36N6O/c1-7-22(23-27-28-29-31(23)25(4,5)6)30(20-10-8-9-11-20)15-19-14-18-12-16(2)17(3)13-21(18)26-24(19)32/h12-14,20,22H,7-11,15H2,1-6H3,(H,26,32)/t22-/m0/s1. The molecule has 1 saturated carbocycles. The summed E-state index contributed by atoms with van der Waals surface area (Å²) in [4.78, 5) is 18.7. The van der Waals surface area contributed by atoms with Gasteiger partial charge in [0.1, 0.15) is 0 Å². The summed E-state index contributed by atoms with van der Waals surface area (Å²) in [6.07, 6.45) is 5.65. The molecule has 172 valence electrons. The lowest BCUT2D eigenvalue weighted by Gasteiger charge is -2.36. The van der Waals surface area contributed by atoms with Crippen LogP contribution in [0, 0.1) is 13.8 Å². The van der Waals surface area contributed by atoms with Gasteiger partial charge in [-0.3, -0.25) is 9.69 Å². The predicted molar refractivity (Wildman–Crippen MR) is 128 cm³/mol. The third-order valence-corrected chi connectivity index (χ3v) is 6.90. The van der Waals surface area contributed by atoms with Gasteiger partial charge in [0, 0.05) is 23.7 Å². The van der Waals surface area contributed by atoms with E-state index in [1.807, 2.05) is 4.68 Å². The number of tetrazole rings is 1. The molecule has 1 aromatic carbocycles. The number of hydrogen-bond acceptors (Lipinski definition) is 5. The van der Waals surface area contributed by atoms with Crippen LogP contribution in [0.5, 0.6) is 0 Å². The Kier molecular flexibility index (Phi) is 6.21. The van der Waals surface area contributed by atoms with Crippen molar-refractivity contribution in [2.75, 3.05) is 0 Å². The molecule has 7 nitrogen and oxygen atoms in total. The zero-order valence-corrected chi connectivity index (χ0v) is 20.3. The maximum Gasteiger partial charge on any atom is 0.252 e. The summed E-state index contributed by atoms with van der Waals surface area (Å²) >= 11 is 0. The number of aryl methyl sites for hydroxylation is 2. The molecule has 0 saturated heterocycles. The largest absolute Gasteiger partial charge is 0.322 e. The smallest absolute Gasteiger partial charge is 0.252 e. The number of aromatic amines is 1. The number of fused-ring (bicyclic) bond motifs is 1. The Balaban J connectivity index is 1.76. The average Bonchev–Trinajstić information content (AvgIpc) is 3.41. The zero-order chi connectivity index (χ0) is 23.0. The van der Waals surface area contributed by atoms with E-state index in [2.05, 4.69) is 85.2 Å². The van der Waals surface area contributed by atoms with Crippen LogP contribution in [-0.4, -0.2) is 36.1 Å². The van der Waals surface area contributed by atoms with Crippen LogP contribution in [0.15, 0.2) is 23.0 Å². The van der Waals surface area contributed by atoms with Crippen molar-refractivity contribution in [1.29, 1.82) is 0 Å². The summed E-state index contributed by atoms with van der Waals surface area (Å²) in [5.74, 6) is 0.885. The number of pyridine rings is 1. The molecule has 0 spiro atoms. The van der Waals surface area contributed by atoms with Crippen LogP contribution >= 0.6 is 0 Å². The van der Waals surface area contributed by atoms with Crippen LogP contribution < -0.4 is 5.56 Å². The molecular formula is C25H36N6O. The molecule has 0 unspecified atom stereocenters. The van der Waals surface area contributed by atoms with Gasteiger partial charge in [0.2, 0.25) is 0 Å². The number of rotatable bonds is 6. The van der Waals surface area contributed by atoms with Crippen molar-refractivity contribution < 1.29 is 0 Å². The van der Waals surface area contributed by atoms with Crippen LogP contribution in [0.3, 0.4) is 0 Å². The van der Waals surface area contributed by atoms with Gasteiger partial charge in [-0.05, 0) is 99.0 Å². The molecule has 1 aliphatic rings. The van der Waals surface area contributed by atoms with Gasteiger partial charge >= 0.3 is 0 Å². The first-order chi connectivity index (χ1) is 15.2. The van der Waals surface area contributed by atoms with Crippen LogP contribution in [0.25, 0.3) is 10.9 Å². The molecule has 0 radical (unpaired) electrons. The molecule has 4 rings (SSSR count). The second-order valence-electron chi connectivity index (χ2n) is 10.3. The fourth-order valence-electron chi connectivity index (χ4n) is 5.01. The summed E-state index contributed by atoms with van der Waals surface area (Å²) in [7, 11) is 0. The van der Waals surface area contributed by atoms with Gasteiger partial charge in [0.05, 0.1) is 11.6 Å². The van der Waals surface area contributed by atoms with Crippen molar-refractivity contribution in [2.24, 2.45) is 0 Å². The number of nitrogens with one attached hydrogen (secondary N) is 1. The third kappa shape index (κ3) is 4.35. The Morgan fingerprint density at radius 2 is 1.84 bits per heavy atom. The normalized spacial score (nSPS) is 16.3. The maximum absolute atomic E-state index is 13.1. The molecule has 3 aromatic rings. The highest BCUT2D eigenvalue weighted by atomic mass is 16.1. The summed E-state index contributed by atoms with van der Waals surface area (Å²) in [6, 6.07) is 6.79. The molecule has 1 N–H and O–H groups in total. The van der Waals surface area contributed by atoms with E-state index in [1.165, 1.54) is 24.0 Å². The maximum atomic E-state index is 13.1. The molecule has 0 bridgehead atoms. The summed E-state index contributed by atoms with van der Waals surface area (Å²) in [5, 5.41) is 13.9. The van der Waals surface area contributed by atoms with E-state index in [-0.39, 0.29) is 17.1 Å². The van der Waals surface area contributed by atoms with Gasteiger partial charge < -0.3 is 4.98 Å². The number of nitrogens with zero attached hydrogens (tertiary/aromatic N) is 5. The first-order valence-corrected chi connectivity index (χ1v) is 11.9. The minimum Gasteiger partial charge on any atom is -0.322 e. The van der Waals surface area contributed by atoms with E-state index in [1.54, 1.807) is 0 Å². The number of aromatic nitrogens is 5. The van der Waals surface area contributed by atoms with Crippen molar-refractivity contribution in [3.8, 4) is 0 Å². The lowest BCUT2D eigenvalue weighted by molar-refractivity contribution is 0.108. The first kappa shape index (κ1) is 22.6. The van der Waals surface area contributed by atoms with E-state index >= 15 is 0 Å². The summed E-state index contributed by atoms with van der Waals surface area (Å²) in [5.41, 5.74) is 3.92. The van der Waals surface area contributed by atoms with Crippen molar-refractivity contribution in [3.05, 3.63) is 51.1 Å². The number of H-pyrrole nitrogens is 1. The molecule has 0 aliphatic heterocycles. The Morgan fingerprint density at radius 1 is 1.16 bits per heavy atom. The minimum absolute atomic E-state index is 0.00554. The monoisotopic (exact) mass is 436 g/mol.